The van der Waals surface area contributed by atoms with Crippen molar-refractivity contribution in [2.24, 2.45) is 5.73 Å². The molecule has 0 aliphatic heterocycles. The molecule has 0 bridgehead atoms. The zero-order valence-electron chi connectivity index (χ0n) is 7.70. The largest absolute Gasteiger partial charge is 0.328 e. The summed E-state index contributed by atoms with van der Waals surface area (Å²) in [7, 11) is 0. The highest BCUT2D eigenvalue weighted by Crippen LogP contribution is 1.99. The second-order valence-corrected chi connectivity index (χ2v) is 3.08. The van der Waals surface area contributed by atoms with Crippen LogP contribution in [0.3, 0.4) is 0 Å². The van der Waals surface area contributed by atoms with Crippen LogP contribution in [0, 0.1) is 13.8 Å². The number of hydrogen-bond acceptors (Lipinski definition) is 4. The Morgan fingerprint density at radius 3 is 2.42 bits per heavy atom. The SMILES string of the molecule is Cc1nnc(CC(C)N)nc1C. The van der Waals surface area contributed by atoms with Crippen LogP contribution in [0.4, 0.5) is 0 Å². The topological polar surface area (TPSA) is 64.7 Å². The molecule has 0 spiro atoms. The summed E-state index contributed by atoms with van der Waals surface area (Å²) in [5, 5.41) is 7.90. The van der Waals surface area contributed by atoms with Gasteiger partial charge in [-0.3, -0.25) is 0 Å². The predicted octanol–water partition coefficient (Wildman–Crippen LogP) is 0.378. The molecule has 1 heterocycles. The van der Waals surface area contributed by atoms with Crippen molar-refractivity contribution in [3.63, 3.8) is 0 Å². The summed E-state index contributed by atoms with van der Waals surface area (Å²) >= 11 is 0. The molecule has 0 saturated heterocycles. The lowest BCUT2D eigenvalue weighted by Gasteiger charge is -2.03. The summed E-state index contributed by atoms with van der Waals surface area (Å²) in [4.78, 5) is 4.26. The molecule has 0 radical (unpaired) electrons. The molecular weight excluding hydrogens is 152 g/mol. The van der Waals surface area contributed by atoms with Gasteiger partial charge in [0.05, 0.1) is 11.4 Å². The summed E-state index contributed by atoms with van der Waals surface area (Å²) in [6.45, 7) is 5.75. The molecule has 1 rings (SSSR count). The van der Waals surface area contributed by atoms with Gasteiger partial charge in [0.2, 0.25) is 0 Å². The van der Waals surface area contributed by atoms with Crippen molar-refractivity contribution in [3.05, 3.63) is 17.2 Å². The van der Waals surface area contributed by atoms with Crippen LogP contribution >= 0.6 is 0 Å². The predicted molar refractivity (Wildman–Crippen MR) is 46.7 cm³/mol. The molecule has 0 aliphatic rings. The number of nitrogens with two attached hydrogens (primary N) is 1. The maximum absolute atomic E-state index is 5.60. The van der Waals surface area contributed by atoms with Crippen molar-refractivity contribution in [1.29, 1.82) is 0 Å². The molecule has 0 fully saturated rings. The van der Waals surface area contributed by atoms with E-state index in [9.17, 15) is 0 Å². The highest BCUT2D eigenvalue weighted by molar-refractivity contribution is 5.05. The lowest BCUT2D eigenvalue weighted by atomic mass is 10.2. The van der Waals surface area contributed by atoms with Crippen LogP contribution in [0.15, 0.2) is 0 Å². The lowest BCUT2D eigenvalue weighted by Crippen LogP contribution is -2.20. The molecule has 4 nitrogen and oxygen atoms in total. The van der Waals surface area contributed by atoms with Gasteiger partial charge in [-0.25, -0.2) is 4.98 Å². The van der Waals surface area contributed by atoms with Gasteiger partial charge in [-0.1, -0.05) is 0 Å². The molecular formula is C8H14N4. The van der Waals surface area contributed by atoms with Crippen LogP contribution in [0.2, 0.25) is 0 Å². The normalized spacial score (nSPS) is 13.0. The Bertz CT molecular complexity index is 270. The van der Waals surface area contributed by atoms with Crippen molar-refractivity contribution >= 4 is 0 Å². The van der Waals surface area contributed by atoms with Crippen LogP contribution in [-0.2, 0) is 6.42 Å². The zero-order chi connectivity index (χ0) is 9.14. The second-order valence-electron chi connectivity index (χ2n) is 3.08. The van der Waals surface area contributed by atoms with Gasteiger partial charge < -0.3 is 5.73 Å². The first kappa shape index (κ1) is 9.06. The van der Waals surface area contributed by atoms with E-state index >= 15 is 0 Å². The van der Waals surface area contributed by atoms with Crippen LogP contribution in [0.5, 0.6) is 0 Å². The van der Waals surface area contributed by atoms with Crippen LogP contribution in [0.25, 0.3) is 0 Å². The number of rotatable bonds is 2. The van der Waals surface area contributed by atoms with Gasteiger partial charge in [-0.15, -0.1) is 5.10 Å². The third-order valence-electron chi connectivity index (χ3n) is 1.64. The Labute approximate surface area is 72.2 Å². The van der Waals surface area contributed by atoms with Crippen LogP contribution < -0.4 is 5.73 Å². The third-order valence-corrected chi connectivity index (χ3v) is 1.64. The first-order valence-electron chi connectivity index (χ1n) is 4.02. The van der Waals surface area contributed by atoms with E-state index in [1.165, 1.54) is 0 Å². The van der Waals surface area contributed by atoms with Crippen LogP contribution in [-0.4, -0.2) is 21.2 Å². The molecule has 1 aromatic heterocycles. The molecule has 4 heteroatoms. The number of aromatic nitrogens is 3. The van der Waals surface area contributed by atoms with Gasteiger partial charge in [-0.05, 0) is 20.8 Å². The fraction of sp³-hybridized carbons (Fsp3) is 0.625. The summed E-state index contributed by atoms with van der Waals surface area (Å²) in [5.41, 5.74) is 7.41. The van der Waals surface area contributed by atoms with E-state index in [4.69, 9.17) is 5.73 Å². The first-order chi connectivity index (χ1) is 5.59. The fourth-order valence-corrected chi connectivity index (χ4v) is 0.876. The average molecular weight is 166 g/mol. The van der Waals surface area contributed by atoms with Crippen molar-refractivity contribution in [2.45, 2.75) is 33.2 Å². The van der Waals surface area contributed by atoms with E-state index in [0.29, 0.717) is 6.42 Å². The van der Waals surface area contributed by atoms with E-state index in [2.05, 4.69) is 15.2 Å². The van der Waals surface area contributed by atoms with E-state index in [1.807, 2.05) is 20.8 Å². The van der Waals surface area contributed by atoms with E-state index in [1.54, 1.807) is 0 Å². The summed E-state index contributed by atoms with van der Waals surface area (Å²) in [6, 6.07) is 0.0916. The molecule has 12 heavy (non-hydrogen) atoms. The molecule has 0 saturated carbocycles. The van der Waals surface area contributed by atoms with Crippen LogP contribution in [0.1, 0.15) is 24.1 Å². The number of nitrogens with zero attached hydrogens (tertiary/aromatic N) is 3. The fourth-order valence-electron chi connectivity index (χ4n) is 0.876. The minimum atomic E-state index is 0.0916. The first-order valence-corrected chi connectivity index (χ1v) is 4.02. The van der Waals surface area contributed by atoms with Gasteiger partial charge in [0.15, 0.2) is 5.82 Å². The Morgan fingerprint density at radius 2 is 1.92 bits per heavy atom. The quantitative estimate of drug-likeness (QED) is 0.689. The maximum atomic E-state index is 5.60. The molecule has 1 aromatic rings. The van der Waals surface area contributed by atoms with E-state index in [-0.39, 0.29) is 6.04 Å². The van der Waals surface area contributed by atoms with E-state index < -0.39 is 0 Å². The molecule has 0 aromatic carbocycles. The Hall–Kier alpha value is -1.03. The maximum Gasteiger partial charge on any atom is 0.152 e. The van der Waals surface area contributed by atoms with Gasteiger partial charge >= 0.3 is 0 Å². The smallest absolute Gasteiger partial charge is 0.152 e. The summed E-state index contributed by atoms with van der Waals surface area (Å²) in [5.74, 6) is 0.730. The molecule has 0 aliphatic carbocycles. The molecule has 1 atom stereocenters. The second kappa shape index (κ2) is 3.58. The summed E-state index contributed by atoms with van der Waals surface area (Å²) in [6.07, 6.45) is 0.689. The molecule has 66 valence electrons. The third kappa shape index (κ3) is 2.23. The van der Waals surface area contributed by atoms with E-state index in [0.717, 1.165) is 17.2 Å². The highest BCUT2D eigenvalue weighted by Gasteiger charge is 2.03. The van der Waals surface area contributed by atoms with Gasteiger partial charge in [0.1, 0.15) is 0 Å². The van der Waals surface area contributed by atoms with Crippen molar-refractivity contribution in [3.8, 4) is 0 Å². The monoisotopic (exact) mass is 166 g/mol. The Balaban J connectivity index is 2.82. The molecule has 0 amide bonds. The number of hydrogen-bond donors (Lipinski definition) is 1. The highest BCUT2D eigenvalue weighted by atomic mass is 15.2. The molecule has 1 unspecified atom stereocenters. The average Bonchev–Trinajstić information content (AvgIpc) is 1.96. The number of aryl methyl sites for hydroxylation is 2. The standard InChI is InChI=1S/C8H14N4/c1-5(9)4-8-10-6(2)7(3)11-12-8/h5H,4,9H2,1-3H3. The van der Waals surface area contributed by atoms with Gasteiger partial charge in [0.25, 0.3) is 0 Å². The lowest BCUT2D eigenvalue weighted by molar-refractivity contribution is 0.676. The molecule has 2 N–H and O–H groups in total. The van der Waals surface area contributed by atoms with Crippen molar-refractivity contribution in [2.75, 3.05) is 0 Å². The summed E-state index contributed by atoms with van der Waals surface area (Å²) < 4.78 is 0. The zero-order valence-corrected chi connectivity index (χ0v) is 7.70. The van der Waals surface area contributed by atoms with Gasteiger partial charge in [-0.2, -0.15) is 5.10 Å². The minimum Gasteiger partial charge on any atom is -0.328 e. The van der Waals surface area contributed by atoms with Crippen molar-refractivity contribution in [1.82, 2.24) is 15.2 Å². The Kier molecular flexibility index (Phi) is 2.70. The van der Waals surface area contributed by atoms with Gasteiger partial charge in [0, 0.05) is 12.5 Å². The van der Waals surface area contributed by atoms with Crippen molar-refractivity contribution < 1.29 is 0 Å². The Morgan fingerprint density at radius 1 is 1.25 bits per heavy atom. The minimum absolute atomic E-state index is 0.0916.